The zero-order valence-electron chi connectivity index (χ0n) is 14.4. The standard InChI is InChI=1S/C17H19ClF2N4O2S/c18-12-2-1-5-21-17(12)26-9-11-3-6-24(7-4-11)13(8-23-25)15-14(16(19)20)22-10-27-15/h1-2,5,10-11,13,16H,3-4,6-9H2. The SMILES string of the molecule is O=NCC(c1scnc1C(F)F)N1CCC(COc2ncccc2Cl)CC1. The van der Waals surface area contributed by atoms with Crippen molar-refractivity contribution < 1.29 is 13.5 Å². The molecule has 0 saturated carbocycles. The van der Waals surface area contributed by atoms with Gasteiger partial charge in [-0.05, 0) is 44.0 Å². The summed E-state index contributed by atoms with van der Waals surface area (Å²) < 4.78 is 32.0. The molecule has 0 spiro atoms. The van der Waals surface area contributed by atoms with Crippen LogP contribution in [0.4, 0.5) is 8.78 Å². The summed E-state index contributed by atoms with van der Waals surface area (Å²) in [5, 5.41) is 3.44. The van der Waals surface area contributed by atoms with Gasteiger partial charge in [0.2, 0.25) is 5.88 Å². The number of alkyl halides is 2. The summed E-state index contributed by atoms with van der Waals surface area (Å²) in [6.45, 7) is 1.77. The van der Waals surface area contributed by atoms with Crippen LogP contribution < -0.4 is 4.74 Å². The Morgan fingerprint density at radius 1 is 1.37 bits per heavy atom. The second-order valence-corrected chi connectivity index (χ2v) is 7.60. The molecule has 2 aromatic rings. The Balaban J connectivity index is 1.58. The van der Waals surface area contributed by atoms with Crippen molar-refractivity contribution in [2.75, 3.05) is 26.2 Å². The molecule has 2 aromatic heterocycles. The normalized spacial score (nSPS) is 17.2. The lowest BCUT2D eigenvalue weighted by Gasteiger charge is -2.36. The third-order valence-electron chi connectivity index (χ3n) is 4.65. The number of piperidine rings is 1. The lowest BCUT2D eigenvalue weighted by atomic mass is 9.96. The maximum atomic E-state index is 13.2. The van der Waals surface area contributed by atoms with Crippen molar-refractivity contribution in [3.63, 3.8) is 0 Å². The van der Waals surface area contributed by atoms with E-state index in [0.717, 1.165) is 24.2 Å². The molecule has 27 heavy (non-hydrogen) atoms. The molecule has 10 heteroatoms. The van der Waals surface area contributed by atoms with E-state index in [2.05, 4.69) is 15.1 Å². The third-order valence-corrected chi connectivity index (χ3v) is 5.88. The number of thiazole rings is 1. The number of ether oxygens (including phenoxy) is 1. The van der Waals surface area contributed by atoms with Gasteiger partial charge in [0.1, 0.15) is 17.3 Å². The van der Waals surface area contributed by atoms with Gasteiger partial charge in [-0.1, -0.05) is 16.8 Å². The number of likely N-dealkylation sites (tertiary alicyclic amines) is 1. The van der Waals surface area contributed by atoms with Gasteiger partial charge in [-0.3, -0.25) is 4.90 Å². The van der Waals surface area contributed by atoms with Gasteiger partial charge in [0.15, 0.2) is 0 Å². The zero-order valence-corrected chi connectivity index (χ0v) is 16.0. The molecule has 1 atom stereocenters. The summed E-state index contributed by atoms with van der Waals surface area (Å²) in [7, 11) is 0. The van der Waals surface area contributed by atoms with Crippen LogP contribution in [0.5, 0.6) is 5.88 Å². The Labute approximate surface area is 164 Å². The summed E-state index contributed by atoms with van der Waals surface area (Å²) >= 11 is 7.19. The quantitative estimate of drug-likeness (QED) is 0.582. The van der Waals surface area contributed by atoms with Crippen molar-refractivity contribution in [3.05, 3.63) is 44.3 Å². The number of hydrogen-bond acceptors (Lipinski definition) is 7. The Hall–Kier alpha value is -1.71. The molecule has 0 radical (unpaired) electrons. The fourth-order valence-electron chi connectivity index (χ4n) is 3.22. The molecule has 146 valence electrons. The van der Waals surface area contributed by atoms with E-state index in [1.54, 1.807) is 18.3 Å². The predicted molar refractivity (Wildman–Crippen MR) is 99.5 cm³/mol. The molecular formula is C17H19ClF2N4O2S. The van der Waals surface area contributed by atoms with E-state index in [0.29, 0.717) is 41.4 Å². The van der Waals surface area contributed by atoms with Crippen molar-refractivity contribution in [3.8, 4) is 5.88 Å². The molecule has 1 aliphatic rings. The van der Waals surface area contributed by atoms with E-state index in [9.17, 15) is 13.7 Å². The van der Waals surface area contributed by atoms with Crippen LogP contribution in [0.3, 0.4) is 0 Å². The molecule has 0 bridgehead atoms. The van der Waals surface area contributed by atoms with Gasteiger partial charge in [0.25, 0.3) is 6.43 Å². The summed E-state index contributed by atoms with van der Waals surface area (Å²) in [4.78, 5) is 21.2. The summed E-state index contributed by atoms with van der Waals surface area (Å²) in [5.74, 6) is 0.719. The average Bonchev–Trinajstić information content (AvgIpc) is 3.16. The molecule has 1 unspecified atom stereocenters. The van der Waals surface area contributed by atoms with Crippen LogP contribution in [0.15, 0.2) is 29.0 Å². The fraction of sp³-hybridized carbons (Fsp3) is 0.529. The molecule has 6 nitrogen and oxygen atoms in total. The van der Waals surface area contributed by atoms with Crippen molar-refractivity contribution in [1.82, 2.24) is 14.9 Å². The van der Waals surface area contributed by atoms with Crippen LogP contribution in [-0.4, -0.2) is 41.1 Å². The Kier molecular flexibility index (Phi) is 7.03. The summed E-state index contributed by atoms with van der Waals surface area (Å²) in [6, 6.07) is 3.01. The van der Waals surface area contributed by atoms with Gasteiger partial charge >= 0.3 is 0 Å². The van der Waals surface area contributed by atoms with Crippen molar-refractivity contribution >= 4 is 22.9 Å². The second-order valence-electron chi connectivity index (χ2n) is 6.31. The first-order valence-electron chi connectivity index (χ1n) is 8.58. The van der Waals surface area contributed by atoms with Crippen molar-refractivity contribution in [2.45, 2.75) is 25.3 Å². The molecule has 0 aromatic carbocycles. The molecule has 1 saturated heterocycles. The molecule has 1 aliphatic heterocycles. The van der Waals surface area contributed by atoms with Gasteiger partial charge in [-0.15, -0.1) is 11.3 Å². The Morgan fingerprint density at radius 3 is 2.81 bits per heavy atom. The van der Waals surface area contributed by atoms with Gasteiger partial charge in [-0.2, -0.15) is 4.91 Å². The van der Waals surface area contributed by atoms with Crippen LogP contribution in [0, 0.1) is 10.8 Å². The first kappa shape index (κ1) is 20.0. The van der Waals surface area contributed by atoms with Crippen LogP contribution in [0.2, 0.25) is 5.02 Å². The summed E-state index contributed by atoms with van der Waals surface area (Å²) in [5.41, 5.74) is 1.15. The maximum absolute atomic E-state index is 13.2. The highest BCUT2D eigenvalue weighted by atomic mass is 35.5. The third kappa shape index (κ3) is 4.97. The number of nitroso groups, excluding NO2 is 1. The molecule has 0 aliphatic carbocycles. The van der Waals surface area contributed by atoms with Gasteiger partial charge in [-0.25, -0.2) is 18.7 Å². The highest BCUT2D eigenvalue weighted by Gasteiger charge is 2.31. The molecular weight excluding hydrogens is 398 g/mol. The van der Waals surface area contributed by atoms with Crippen molar-refractivity contribution in [2.24, 2.45) is 11.1 Å². The van der Waals surface area contributed by atoms with E-state index < -0.39 is 12.5 Å². The number of hydrogen-bond donors (Lipinski definition) is 0. The van der Waals surface area contributed by atoms with Crippen molar-refractivity contribution in [1.29, 1.82) is 0 Å². The van der Waals surface area contributed by atoms with Crippen LogP contribution in [-0.2, 0) is 0 Å². The highest BCUT2D eigenvalue weighted by Crippen LogP contribution is 2.35. The molecule has 0 N–H and O–H groups in total. The van der Waals surface area contributed by atoms with Crippen LogP contribution >= 0.6 is 22.9 Å². The lowest BCUT2D eigenvalue weighted by molar-refractivity contribution is 0.104. The van der Waals surface area contributed by atoms with E-state index in [-0.39, 0.29) is 12.2 Å². The molecule has 1 fully saturated rings. The first-order chi connectivity index (χ1) is 13.1. The molecule has 3 heterocycles. The van der Waals surface area contributed by atoms with E-state index in [1.807, 2.05) is 4.90 Å². The van der Waals surface area contributed by atoms with Gasteiger partial charge in [0.05, 0.1) is 23.0 Å². The Bertz CT molecular complexity index is 756. The van der Waals surface area contributed by atoms with E-state index in [1.165, 1.54) is 5.51 Å². The zero-order chi connectivity index (χ0) is 19.2. The fourth-order valence-corrected chi connectivity index (χ4v) is 4.32. The number of pyridine rings is 1. The number of nitrogens with zero attached hydrogens (tertiary/aromatic N) is 4. The van der Waals surface area contributed by atoms with Crippen LogP contribution in [0.1, 0.15) is 35.9 Å². The molecule has 0 amide bonds. The predicted octanol–water partition coefficient (Wildman–Crippen LogP) is 4.73. The smallest absolute Gasteiger partial charge is 0.281 e. The highest BCUT2D eigenvalue weighted by molar-refractivity contribution is 7.09. The van der Waals surface area contributed by atoms with Gasteiger partial charge < -0.3 is 4.74 Å². The minimum absolute atomic E-state index is 0.0629. The summed E-state index contributed by atoms with van der Waals surface area (Å²) in [6.07, 6.45) is 0.608. The minimum atomic E-state index is -2.66. The maximum Gasteiger partial charge on any atom is 0.281 e. The molecule has 3 rings (SSSR count). The number of aromatic nitrogens is 2. The van der Waals surface area contributed by atoms with Crippen LogP contribution in [0.25, 0.3) is 0 Å². The Morgan fingerprint density at radius 2 is 2.15 bits per heavy atom. The number of rotatable bonds is 8. The lowest BCUT2D eigenvalue weighted by Crippen LogP contribution is -2.39. The van der Waals surface area contributed by atoms with Gasteiger partial charge in [0, 0.05) is 6.20 Å². The largest absolute Gasteiger partial charge is 0.476 e. The second kappa shape index (κ2) is 9.48. The average molecular weight is 417 g/mol. The topological polar surface area (TPSA) is 67.7 Å². The van der Waals surface area contributed by atoms with E-state index >= 15 is 0 Å². The number of halogens is 3. The minimum Gasteiger partial charge on any atom is -0.476 e. The first-order valence-corrected chi connectivity index (χ1v) is 9.83. The van der Waals surface area contributed by atoms with E-state index in [4.69, 9.17) is 16.3 Å². The monoisotopic (exact) mass is 416 g/mol.